The molecule has 0 unspecified atom stereocenters. The highest BCUT2D eigenvalue weighted by atomic mass is 79.9. The van der Waals surface area contributed by atoms with Crippen LogP contribution in [0, 0.1) is 5.92 Å². The quantitative estimate of drug-likeness (QED) is 0.422. The van der Waals surface area contributed by atoms with E-state index in [-0.39, 0.29) is 10.9 Å². The van der Waals surface area contributed by atoms with Crippen LogP contribution in [0.3, 0.4) is 0 Å². The van der Waals surface area contributed by atoms with Gasteiger partial charge in [-0.05, 0) is 86.5 Å². The molecule has 1 saturated carbocycles. The molecule has 2 nitrogen and oxygen atoms in total. The third-order valence-corrected chi connectivity index (χ3v) is 10.6. The minimum absolute atomic E-state index is 0.0802. The molecule has 0 amide bonds. The van der Waals surface area contributed by atoms with Crippen molar-refractivity contribution >= 4 is 44.8 Å². The van der Waals surface area contributed by atoms with Crippen molar-refractivity contribution in [1.29, 1.82) is 0 Å². The van der Waals surface area contributed by atoms with E-state index in [4.69, 9.17) is 20.9 Å². The van der Waals surface area contributed by atoms with Crippen molar-refractivity contribution in [3.63, 3.8) is 0 Å². The molecule has 6 heteroatoms. The second kappa shape index (κ2) is 6.25. The maximum absolute atomic E-state index is 6.28. The largest absolute Gasteiger partial charge is 0.436 e. The highest BCUT2D eigenvalue weighted by molar-refractivity contribution is 9.10. The van der Waals surface area contributed by atoms with Gasteiger partial charge in [-0.15, -0.1) is 0 Å². The van der Waals surface area contributed by atoms with E-state index in [1.807, 2.05) is 24.3 Å². The highest BCUT2D eigenvalue weighted by Gasteiger charge is 2.53. The first-order chi connectivity index (χ1) is 10.3. The molecule has 3 rings (SSSR count). The standard InChI is InChI=1S/C16H20BrO2PS2/c1-11(2)12-8-9-16(3)15(10-12)19-20(21,22-16)18-14-6-4-13(17)5-7-14/h4-7,12,15H,1,8-10H2,2-3H3/t12-,15-,16+,20-/m0/s1. The molecule has 0 aromatic heterocycles. The monoisotopic (exact) mass is 418 g/mol. The molecule has 1 aromatic carbocycles. The SMILES string of the molecule is C=C(C)[C@H]1CC[C@@]2(C)S[P@@](=S)(Oc3ccc(Br)cc3)O[C@H]2C1. The first-order valence-electron chi connectivity index (χ1n) is 7.39. The Morgan fingerprint density at radius 1 is 1.50 bits per heavy atom. The van der Waals surface area contributed by atoms with Crippen LogP contribution >= 0.6 is 33.0 Å². The molecule has 2 fully saturated rings. The molecule has 22 heavy (non-hydrogen) atoms. The van der Waals surface area contributed by atoms with Gasteiger partial charge in [0.25, 0.3) is 5.69 Å². The topological polar surface area (TPSA) is 18.5 Å². The lowest BCUT2D eigenvalue weighted by molar-refractivity contribution is 0.119. The normalized spacial score (nSPS) is 37.6. The van der Waals surface area contributed by atoms with Gasteiger partial charge in [0.05, 0.1) is 10.9 Å². The number of halogens is 1. The van der Waals surface area contributed by atoms with Crippen LogP contribution in [0.1, 0.15) is 33.1 Å². The smallest absolute Gasteiger partial charge is 0.298 e. The zero-order chi connectivity index (χ0) is 16.0. The van der Waals surface area contributed by atoms with Gasteiger partial charge in [0.15, 0.2) is 0 Å². The van der Waals surface area contributed by atoms with Crippen LogP contribution in [-0.2, 0) is 16.3 Å². The van der Waals surface area contributed by atoms with Crippen molar-refractivity contribution in [3.05, 3.63) is 40.9 Å². The van der Waals surface area contributed by atoms with Crippen molar-refractivity contribution in [2.45, 2.75) is 44.0 Å². The Balaban J connectivity index is 1.76. The summed E-state index contributed by atoms with van der Waals surface area (Å²) in [7, 11) is 0. The number of rotatable bonds is 3. The third-order valence-electron chi connectivity index (χ3n) is 4.47. The van der Waals surface area contributed by atoms with Gasteiger partial charge in [-0.2, -0.15) is 0 Å². The van der Waals surface area contributed by atoms with E-state index in [0.717, 1.165) is 23.1 Å². The maximum Gasteiger partial charge on any atom is 0.298 e. The Morgan fingerprint density at radius 2 is 2.18 bits per heavy atom. The maximum atomic E-state index is 6.28. The van der Waals surface area contributed by atoms with E-state index in [0.29, 0.717) is 5.92 Å². The fraction of sp³-hybridized carbons (Fsp3) is 0.500. The molecule has 2 aliphatic rings. The summed E-state index contributed by atoms with van der Waals surface area (Å²) < 4.78 is 13.5. The molecule has 0 spiro atoms. The number of benzene rings is 1. The molecule has 0 N–H and O–H groups in total. The lowest BCUT2D eigenvalue weighted by Gasteiger charge is -2.37. The number of fused-ring (bicyclic) bond motifs is 1. The van der Waals surface area contributed by atoms with Crippen LogP contribution in [-0.4, -0.2) is 10.9 Å². The zero-order valence-corrected chi connectivity index (χ0v) is 16.9. The number of hydrogen-bond acceptors (Lipinski definition) is 4. The predicted octanol–water partition coefficient (Wildman–Crippen LogP) is 6.32. The zero-order valence-electron chi connectivity index (χ0n) is 12.8. The summed E-state index contributed by atoms with van der Waals surface area (Å²) in [5.41, 5.74) is -1.08. The summed E-state index contributed by atoms with van der Waals surface area (Å²) in [6.45, 7) is 8.50. The van der Waals surface area contributed by atoms with E-state index in [1.54, 1.807) is 11.4 Å². The summed E-state index contributed by atoms with van der Waals surface area (Å²) in [4.78, 5) is 0. The molecule has 0 bridgehead atoms. The second-order valence-corrected chi connectivity index (χ2v) is 13.8. The summed E-state index contributed by atoms with van der Waals surface area (Å²) in [5.74, 6) is 1.34. The van der Waals surface area contributed by atoms with Gasteiger partial charge in [-0.1, -0.05) is 28.1 Å². The fourth-order valence-corrected chi connectivity index (χ4v) is 10.6. The third kappa shape index (κ3) is 3.49. The minimum Gasteiger partial charge on any atom is -0.436 e. The van der Waals surface area contributed by atoms with Gasteiger partial charge < -0.3 is 9.05 Å². The fourth-order valence-electron chi connectivity index (χ4n) is 3.05. The Labute approximate surface area is 150 Å². The first kappa shape index (κ1) is 17.0. The molecule has 1 aliphatic heterocycles. The Morgan fingerprint density at radius 3 is 2.82 bits per heavy atom. The predicted molar refractivity (Wildman–Crippen MR) is 102 cm³/mol. The van der Waals surface area contributed by atoms with Gasteiger partial charge in [0, 0.05) is 4.47 Å². The molecule has 4 atom stereocenters. The van der Waals surface area contributed by atoms with Crippen LogP contribution in [0.2, 0.25) is 0 Å². The van der Waals surface area contributed by atoms with Gasteiger partial charge in [-0.3, -0.25) is 0 Å². The Kier molecular flexibility index (Phi) is 4.84. The second-order valence-electron chi connectivity index (χ2n) is 6.31. The molecular weight excluding hydrogens is 399 g/mol. The van der Waals surface area contributed by atoms with Gasteiger partial charge in [0.2, 0.25) is 0 Å². The van der Waals surface area contributed by atoms with Crippen LogP contribution in [0.25, 0.3) is 0 Å². The van der Waals surface area contributed by atoms with Crippen molar-refractivity contribution in [2.75, 3.05) is 0 Å². The number of hydrogen-bond donors (Lipinski definition) is 0. The lowest BCUT2D eigenvalue weighted by Crippen LogP contribution is -2.39. The molecular formula is C16H20BrO2PS2. The van der Waals surface area contributed by atoms with Crippen molar-refractivity contribution in [2.24, 2.45) is 5.92 Å². The first-order valence-corrected chi connectivity index (χ1v) is 12.2. The summed E-state index contributed by atoms with van der Waals surface area (Å²) in [6.07, 6.45) is 3.48. The Bertz CT molecular complexity index is 634. The highest BCUT2D eigenvalue weighted by Crippen LogP contribution is 2.74. The molecule has 1 aliphatic carbocycles. The van der Waals surface area contributed by atoms with Crippen molar-refractivity contribution in [3.8, 4) is 5.75 Å². The summed E-state index contributed by atoms with van der Waals surface area (Å²) in [6, 6.07) is 7.79. The van der Waals surface area contributed by atoms with Crippen LogP contribution in [0.4, 0.5) is 0 Å². The van der Waals surface area contributed by atoms with Crippen molar-refractivity contribution in [1.82, 2.24) is 0 Å². The molecule has 1 heterocycles. The van der Waals surface area contributed by atoms with Gasteiger partial charge in [0.1, 0.15) is 5.75 Å². The van der Waals surface area contributed by atoms with E-state index < -0.39 is 5.69 Å². The Hall–Kier alpha value is 0.200. The average molecular weight is 419 g/mol. The molecule has 0 radical (unpaired) electrons. The molecule has 1 aromatic rings. The van der Waals surface area contributed by atoms with Crippen LogP contribution in [0.5, 0.6) is 5.75 Å². The van der Waals surface area contributed by atoms with E-state index in [1.165, 1.54) is 12.0 Å². The summed E-state index contributed by atoms with van der Waals surface area (Å²) >= 11 is 11.0. The van der Waals surface area contributed by atoms with Gasteiger partial charge in [-0.25, -0.2) is 0 Å². The molecule has 120 valence electrons. The van der Waals surface area contributed by atoms with Crippen molar-refractivity contribution < 1.29 is 9.05 Å². The van der Waals surface area contributed by atoms with E-state index >= 15 is 0 Å². The average Bonchev–Trinajstić information content (AvgIpc) is 2.70. The van der Waals surface area contributed by atoms with Gasteiger partial charge >= 0.3 is 0 Å². The molecule has 1 saturated heterocycles. The number of allylic oxidation sites excluding steroid dienone is 1. The van der Waals surface area contributed by atoms with E-state index in [2.05, 4.69) is 36.4 Å². The lowest BCUT2D eigenvalue weighted by atomic mass is 9.77. The van der Waals surface area contributed by atoms with Crippen LogP contribution in [0.15, 0.2) is 40.9 Å². The van der Waals surface area contributed by atoms with Crippen LogP contribution < -0.4 is 4.52 Å². The minimum atomic E-state index is -2.33. The van der Waals surface area contributed by atoms with E-state index in [9.17, 15) is 0 Å². The summed E-state index contributed by atoms with van der Waals surface area (Å²) in [5, 5.41) is 0.